The highest BCUT2D eigenvalue weighted by Crippen LogP contribution is 2.20. The fraction of sp³-hybridized carbons (Fsp3) is 0.438. The summed E-state index contributed by atoms with van der Waals surface area (Å²) in [5.74, 6) is 0.836. The third kappa shape index (κ3) is 3.61. The van der Waals surface area contributed by atoms with Crippen molar-refractivity contribution in [2.24, 2.45) is 5.73 Å². The van der Waals surface area contributed by atoms with E-state index in [-0.39, 0.29) is 11.9 Å². The van der Waals surface area contributed by atoms with Crippen molar-refractivity contribution in [1.82, 2.24) is 4.90 Å². The van der Waals surface area contributed by atoms with E-state index in [0.29, 0.717) is 6.54 Å². The minimum atomic E-state index is 0.0421. The lowest BCUT2D eigenvalue weighted by Gasteiger charge is -2.30. The van der Waals surface area contributed by atoms with E-state index in [9.17, 15) is 4.79 Å². The molecule has 0 spiro atoms. The van der Waals surface area contributed by atoms with Crippen LogP contribution in [0.3, 0.4) is 0 Å². The Labute approximate surface area is 120 Å². The van der Waals surface area contributed by atoms with Crippen LogP contribution < -0.4 is 10.5 Å². The highest BCUT2D eigenvalue weighted by molar-refractivity contribution is 5.95. The zero-order valence-electron chi connectivity index (χ0n) is 12.1. The van der Waals surface area contributed by atoms with Crippen molar-refractivity contribution >= 4 is 11.5 Å². The number of nitrogens with two attached hydrogens (primary N) is 1. The normalized spacial score (nSPS) is 19.9. The minimum Gasteiger partial charge on any atom is -0.497 e. The maximum Gasteiger partial charge on any atom is 0.246 e. The van der Waals surface area contributed by atoms with Crippen LogP contribution in [0.25, 0.3) is 5.57 Å². The van der Waals surface area contributed by atoms with Gasteiger partial charge in [0.05, 0.1) is 7.11 Å². The van der Waals surface area contributed by atoms with Gasteiger partial charge >= 0.3 is 0 Å². The lowest BCUT2D eigenvalue weighted by molar-refractivity contribution is -0.127. The van der Waals surface area contributed by atoms with E-state index in [2.05, 4.69) is 0 Å². The van der Waals surface area contributed by atoms with E-state index in [1.165, 1.54) is 0 Å². The second-order valence-electron chi connectivity index (χ2n) is 5.25. The van der Waals surface area contributed by atoms with E-state index >= 15 is 0 Å². The quantitative estimate of drug-likeness (QED) is 0.858. The average molecular weight is 274 g/mol. The first kappa shape index (κ1) is 14.6. The largest absolute Gasteiger partial charge is 0.497 e. The van der Waals surface area contributed by atoms with Gasteiger partial charge in [-0.05, 0) is 43.0 Å². The molecule has 1 fully saturated rings. The van der Waals surface area contributed by atoms with Gasteiger partial charge in [0.25, 0.3) is 0 Å². The van der Waals surface area contributed by atoms with Crippen molar-refractivity contribution in [2.75, 3.05) is 20.2 Å². The van der Waals surface area contributed by atoms with Crippen LogP contribution in [0, 0.1) is 0 Å². The van der Waals surface area contributed by atoms with Crippen molar-refractivity contribution in [3.8, 4) is 5.75 Å². The number of benzene rings is 1. The first-order valence-electron chi connectivity index (χ1n) is 6.97. The molecule has 1 atom stereocenters. The number of amides is 1. The fourth-order valence-corrected chi connectivity index (χ4v) is 2.44. The van der Waals surface area contributed by atoms with Crippen LogP contribution >= 0.6 is 0 Å². The number of allylic oxidation sites excluding steroid dienone is 1. The van der Waals surface area contributed by atoms with E-state index in [0.717, 1.165) is 36.3 Å². The van der Waals surface area contributed by atoms with Gasteiger partial charge in [0.2, 0.25) is 5.91 Å². The van der Waals surface area contributed by atoms with Gasteiger partial charge < -0.3 is 15.4 Å². The molecule has 1 amide bonds. The van der Waals surface area contributed by atoms with Gasteiger partial charge in [0.1, 0.15) is 5.75 Å². The number of nitrogens with zero attached hydrogens (tertiary/aromatic N) is 1. The van der Waals surface area contributed by atoms with Crippen LogP contribution in [0.1, 0.15) is 25.3 Å². The Bertz CT molecular complexity index is 511. The summed E-state index contributed by atoms with van der Waals surface area (Å²) >= 11 is 0. The first-order chi connectivity index (χ1) is 9.60. The third-order valence-electron chi connectivity index (χ3n) is 3.63. The molecule has 1 aliphatic heterocycles. The van der Waals surface area contributed by atoms with Crippen LogP contribution in [-0.4, -0.2) is 37.0 Å². The molecule has 2 rings (SSSR count). The molecule has 2 N–H and O–H groups in total. The Balaban J connectivity index is 2.10. The molecule has 0 aromatic heterocycles. The predicted molar refractivity (Wildman–Crippen MR) is 80.4 cm³/mol. The number of hydrogen-bond donors (Lipinski definition) is 1. The molecular formula is C16H22N2O2. The highest BCUT2D eigenvalue weighted by atomic mass is 16.5. The third-order valence-corrected chi connectivity index (χ3v) is 3.63. The van der Waals surface area contributed by atoms with E-state index in [1.807, 2.05) is 36.1 Å². The zero-order valence-corrected chi connectivity index (χ0v) is 12.1. The molecule has 4 heteroatoms. The van der Waals surface area contributed by atoms with Crippen molar-refractivity contribution < 1.29 is 9.53 Å². The lowest BCUT2D eigenvalue weighted by atomic mass is 10.0. The molecule has 0 radical (unpaired) electrons. The molecule has 0 bridgehead atoms. The van der Waals surface area contributed by atoms with Crippen LogP contribution in [0.2, 0.25) is 0 Å². The summed E-state index contributed by atoms with van der Waals surface area (Å²) in [5.41, 5.74) is 7.85. The molecule has 1 aromatic rings. The summed E-state index contributed by atoms with van der Waals surface area (Å²) in [4.78, 5) is 14.1. The molecule has 1 heterocycles. The topological polar surface area (TPSA) is 55.6 Å². The Morgan fingerprint density at radius 3 is 3.00 bits per heavy atom. The summed E-state index contributed by atoms with van der Waals surface area (Å²) in [5, 5.41) is 0. The summed E-state index contributed by atoms with van der Waals surface area (Å²) < 4.78 is 5.20. The van der Waals surface area contributed by atoms with E-state index < -0.39 is 0 Å². The number of ether oxygens (including phenoxy) is 1. The average Bonchev–Trinajstić information content (AvgIpc) is 2.47. The number of piperidine rings is 1. The Morgan fingerprint density at radius 2 is 2.30 bits per heavy atom. The number of rotatable bonds is 3. The molecule has 0 saturated carbocycles. The van der Waals surface area contributed by atoms with Gasteiger partial charge in [-0.3, -0.25) is 4.79 Å². The first-order valence-corrected chi connectivity index (χ1v) is 6.97. The number of hydrogen-bond acceptors (Lipinski definition) is 3. The summed E-state index contributed by atoms with van der Waals surface area (Å²) in [6, 6.07) is 7.83. The van der Waals surface area contributed by atoms with Crippen LogP contribution in [0.4, 0.5) is 0 Å². The van der Waals surface area contributed by atoms with Gasteiger partial charge in [-0.1, -0.05) is 12.1 Å². The molecule has 1 unspecified atom stereocenters. The Hall–Kier alpha value is -1.81. The number of methoxy groups -OCH3 is 1. The Kier molecular flexibility index (Phi) is 4.79. The van der Waals surface area contributed by atoms with Crippen LogP contribution in [0.5, 0.6) is 5.75 Å². The smallest absolute Gasteiger partial charge is 0.246 e. The highest BCUT2D eigenvalue weighted by Gasteiger charge is 2.19. The monoisotopic (exact) mass is 274 g/mol. The molecule has 4 nitrogen and oxygen atoms in total. The van der Waals surface area contributed by atoms with Gasteiger partial charge in [0.15, 0.2) is 0 Å². The molecule has 1 aromatic carbocycles. The van der Waals surface area contributed by atoms with Crippen LogP contribution in [0.15, 0.2) is 30.3 Å². The van der Waals surface area contributed by atoms with Crippen molar-refractivity contribution in [2.45, 2.75) is 25.8 Å². The summed E-state index contributed by atoms with van der Waals surface area (Å²) in [6.45, 7) is 3.39. The maximum atomic E-state index is 12.2. The number of likely N-dealkylation sites (tertiary alicyclic amines) is 1. The van der Waals surface area contributed by atoms with Crippen molar-refractivity contribution in [3.63, 3.8) is 0 Å². The molecule has 1 aliphatic rings. The number of carbonyl (C=O) groups is 1. The Morgan fingerprint density at radius 1 is 1.50 bits per heavy atom. The SMILES string of the molecule is COc1cccc(/C(C)=C/C(=O)N2CCCC(N)C2)c1. The zero-order chi connectivity index (χ0) is 14.5. The second-order valence-corrected chi connectivity index (χ2v) is 5.25. The molecule has 20 heavy (non-hydrogen) atoms. The van der Waals surface area contributed by atoms with Crippen molar-refractivity contribution in [3.05, 3.63) is 35.9 Å². The second kappa shape index (κ2) is 6.57. The van der Waals surface area contributed by atoms with E-state index in [4.69, 9.17) is 10.5 Å². The summed E-state index contributed by atoms with van der Waals surface area (Å²) in [6.07, 6.45) is 3.67. The standard InChI is InChI=1S/C16H22N2O2/c1-12(13-5-3-7-15(10-13)20-2)9-16(19)18-8-4-6-14(17)11-18/h3,5,7,9-10,14H,4,6,8,11,17H2,1-2H3/b12-9+. The van der Waals surface area contributed by atoms with Gasteiger partial charge in [-0.25, -0.2) is 0 Å². The maximum absolute atomic E-state index is 12.2. The number of carbonyl (C=O) groups excluding carboxylic acids is 1. The van der Waals surface area contributed by atoms with Gasteiger partial charge in [0, 0.05) is 25.2 Å². The fourth-order valence-electron chi connectivity index (χ4n) is 2.44. The predicted octanol–water partition coefficient (Wildman–Crippen LogP) is 2.05. The van der Waals surface area contributed by atoms with Crippen LogP contribution in [-0.2, 0) is 4.79 Å². The van der Waals surface area contributed by atoms with Gasteiger partial charge in [-0.15, -0.1) is 0 Å². The molecular weight excluding hydrogens is 252 g/mol. The van der Waals surface area contributed by atoms with Crippen molar-refractivity contribution in [1.29, 1.82) is 0 Å². The van der Waals surface area contributed by atoms with Gasteiger partial charge in [-0.2, -0.15) is 0 Å². The molecule has 1 saturated heterocycles. The van der Waals surface area contributed by atoms with E-state index in [1.54, 1.807) is 13.2 Å². The molecule has 0 aliphatic carbocycles. The lowest BCUT2D eigenvalue weighted by Crippen LogP contribution is -2.45. The molecule has 108 valence electrons. The minimum absolute atomic E-state index is 0.0421. The summed E-state index contributed by atoms with van der Waals surface area (Å²) in [7, 11) is 1.64.